The molecule has 0 saturated carbocycles. The third kappa shape index (κ3) is 4.08. The Hall–Kier alpha value is -2.85. The zero-order chi connectivity index (χ0) is 16.8. The monoisotopic (exact) mass is 328 g/mol. The normalized spacial score (nSPS) is 9.91. The molecule has 2 aromatic carbocycles. The Balaban J connectivity index is 2.13. The van der Waals surface area contributed by atoms with E-state index in [0.29, 0.717) is 16.0 Å². The molecular formula is C16H12N2O4S. The Kier molecular flexibility index (Phi) is 5.33. The number of esters is 1. The Morgan fingerprint density at radius 3 is 2.78 bits per heavy atom. The molecule has 0 atom stereocenters. The van der Waals surface area contributed by atoms with Gasteiger partial charge >= 0.3 is 5.97 Å². The van der Waals surface area contributed by atoms with E-state index in [0.717, 1.165) is 0 Å². The van der Waals surface area contributed by atoms with Gasteiger partial charge < -0.3 is 4.74 Å². The fourth-order valence-corrected chi connectivity index (χ4v) is 2.47. The van der Waals surface area contributed by atoms with E-state index in [2.05, 4.69) is 0 Å². The van der Waals surface area contributed by atoms with E-state index in [9.17, 15) is 14.9 Å². The molecule has 6 nitrogen and oxygen atoms in total. The summed E-state index contributed by atoms with van der Waals surface area (Å²) < 4.78 is 5.14. The van der Waals surface area contributed by atoms with Crippen LogP contribution in [0.5, 0.6) is 0 Å². The van der Waals surface area contributed by atoms with Crippen molar-refractivity contribution in [3.8, 4) is 6.07 Å². The molecule has 0 unspecified atom stereocenters. The second kappa shape index (κ2) is 7.42. The van der Waals surface area contributed by atoms with Gasteiger partial charge in [-0.2, -0.15) is 5.26 Å². The number of nitrogens with zero attached hydrogens (tertiary/aromatic N) is 2. The maximum absolute atomic E-state index is 12.0. The third-order valence-corrected chi connectivity index (χ3v) is 3.82. The largest absolute Gasteiger partial charge is 0.457 e. The average molecular weight is 328 g/mol. The van der Waals surface area contributed by atoms with Gasteiger partial charge in [0.15, 0.2) is 0 Å². The highest BCUT2D eigenvalue weighted by atomic mass is 32.2. The smallest absolute Gasteiger partial charge is 0.338 e. The van der Waals surface area contributed by atoms with Crippen LogP contribution in [0.15, 0.2) is 47.4 Å². The van der Waals surface area contributed by atoms with Crippen LogP contribution < -0.4 is 0 Å². The highest BCUT2D eigenvalue weighted by molar-refractivity contribution is 7.98. The second-order valence-electron chi connectivity index (χ2n) is 4.53. The van der Waals surface area contributed by atoms with Crippen LogP contribution in [0.4, 0.5) is 5.69 Å². The molecule has 0 aliphatic carbocycles. The molecule has 7 heteroatoms. The van der Waals surface area contributed by atoms with E-state index in [-0.39, 0.29) is 17.9 Å². The zero-order valence-corrected chi connectivity index (χ0v) is 13.0. The lowest BCUT2D eigenvalue weighted by Gasteiger charge is -2.06. The number of ether oxygens (including phenoxy) is 1. The number of nitro groups is 1. The number of hydrogen-bond donors (Lipinski definition) is 0. The van der Waals surface area contributed by atoms with Crippen LogP contribution in [0.3, 0.4) is 0 Å². The van der Waals surface area contributed by atoms with Gasteiger partial charge in [0.2, 0.25) is 0 Å². The minimum Gasteiger partial charge on any atom is -0.457 e. The molecule has 0 aliphatic heterocycles. The molecule has 0 aliphatic rings. The van der Waals surface area contributed by atoms with Crippen LogP contribution in [-0.4, -0.2) is 17.1 Å². The summed E-state index contributed by atoms with van der Waals surface area (Å²) in [7, 11) is 0. The first-order valence-corrected chi connectivity index (χ1v) is 7.76. The number of benzene rings is 2. The summed E-state index contributed by atoms with van der Waals surface area (Å²) in [4.78, 5) is 23.0. The van der Waals surface area contributed by atoms with Crippen molar-refractivity contribution < 1.29 is 14.5 Å². The predicted octanol–water partition coefficient (Wildman–Crippen LogP) is 3.55. The van der Waals surface area contributed by atoms with Crippen LogP contribution in [-0.2, 0) is 11.3 Å². The van der Waals surface area contributed by atoms with Gasteiger partial charge in [0.1, 0.15) is 6.61 Å². The first-order valence-electron chi connectivity index (χ1n) is 6.53. The summed E-state index contributed by atoms with van der Waals surface area (Å²) in [6.45, 7) is -0.00751. The lowest BCUT2D eigenvalue weighted by Crippen LogP contribution is -2.06. The lowest BCUT2D eigenvalue weighted by atomic mass is 10.1. The minimum absolute atomic E-state index is 0.00751. The van der Waals surface area contributed by atoms with Gasteiger partial charge in [0.05, 0.1) is 27.0 Å². The van der Waals surface area contributed by atoms with Crippen molar-refractivity contribution in [1.82, 2.24) is 0 Å². The molecule has 0 N–H and O–H groups in total. The van der Waals surface area contributed by atoms with Crippen molar-refractivity contribution in [3.05, 3.63) is 69.3 Å². The van der Waals surface area contributed by atoms with Crippen molar-refractivity contribution in [1.29, 1.82) is 5.26 Å². The fourth-order valence-electron chi connectivity index (χ4n) is 1.92. The molecule has 0 amide bonds. The molecule has 0 bridgehead atoms. The number of hydrogen-bond acceptors (Lipinski definition) is 6. The van der Waals surface area contributed by atoms with Crippen molar-refractivity contribution in [2.24, 2.45) is 0 Å². The van der Waals surface area contributed by atoms with Gasteiger partial charge in [-0.3, -0.25) is 10.1 Å². The Bertz CT molecular complexity index is 799. The number of nitro benzene ring substituents is 1. The topological polar surface area (TPSA) is 93.2 Å². The van der Waals surface area contributed by atoms with Crippen LogP contribution in [0.2, 0.25) is 0 Å². The summed E-state index contributed by atoms with van der Waals surface area (Å²) in [6, 6.07) is 12.9. The van der Waals surface area contributed by atoms with Gasteiger partial charge in [-0.15, -0.1) is 11.8 Å². The number of thioether (sulfide) groups is 1. The van der Waals surface area contributed by atoms with E-state index >= 15 is 0 Å². The fraction of sp³-hybridized carbons (Fsp3) is 0.125. The molecule has 0 aromatic heterocycles. The van der Waals surface area contributed by atoms with Gasteiger partial charge in [-0.25, -0.2) is 4.79 Å². The van der Waals surface area contributed by atoms with Crippen molar-refractivity contribution in [2.45, 2.75) is 11.5 Å². The summed E-state index contributed by atoms with van der Waals surface area (Å²) in [6.07, 6.45) is 1.72. The molecule has 2 aromatic rings. The minimum atomic E-state index is -0.650. The van der Waals surface area contributed by atoms with Crippen LogP contribution in [0, 0.1) is 21.4 Å². The zero-order valence-electron chi connectivity index (χ0n) is 12.2. The van der Waals surface area contributed by atoms with Crippen LogP contribution >= 0.6 is 11.8 Å². The van der Waals surface area contributed by atoms with Crippen molar-refractivity contribution >= 4 is 23.4 Å². The molecule has 0 heterocycles. The maximum atomic E-state index is 12.0. The molecule has 0 radical (unpaired) electrons. The molecule has 2 rings (SSSR count). The van der Waals surface area contributed by atoms with Crippen molar-refractivity contribution in [3.63, 3.8) is 0 Å². The molecule has 116 valence electrons. The second-order valence-corrected chi connectivity index (χ2v) is 5.38. The summed E-state index contributed by atoms with van der Waals surface area (Å²) >= 11 is 1.23. The molecular weight excluding hydrogens is 316 g/mol. The van der Waals surface area contributed by atoms with E-state index in [4.69, 9.17) is 10.00 Å². The van der Waals surface area contributed by atoms with E-state index in [1.165, 1.54) is 30.0 Å². The quantitative estimate of drug-likeness (QED) is 0.361. The first kappa shape index (κ1) is 16.5. The Morgan fingerprint density at radius 2 is 2.13 bits per heavy atom. The Labute approximate surface area is 136 Å². The Morgan fingerprint density at radius 1 is 1.35 bits per heavy atom. The number of carbonyl (C=O) groups excluding carboxylic acids is 1. The summed E-state index contributed by atoms with van der Waals surface area (Å²) in [5, 5.41) is 19.8. The van der Waals surface area contributed by atoms with E-state index in [1.54, 1.807) is 30.5 Å². The van der Waals surface area contributed by atoms with Gasteiger partial charge in [0, 0.05) is 6.07 Å². The highest BCUT2D eigenvalue weighted by Gasteiger charge is 2.17. The molecule has 0 saturated heterocycles. The molecule has 0 spiro atoms. The van der Waals surface area contributed by atoms with E-state index in [1.807, 2.05) is 6.07 Å². The van der Waals surface area contributed by atoms with E-state index < -0.39 is 10.9 Å². The number of nitriles is 1. The van der Waals surface area contributed by atoms with Gasteiger partial charge in [0.25, 0.3) is 5.69 Å². The number of rotatable bonds is 5. The molecule has 0 fully saturated rings. The number of carbonyl (C=O) groups is 1. The lowest BCUT2D eigenvalue weighted by molar-refractivity contribution is -0.387. The summed E-state index contributed by atoms with van der Waals surface area (Å²) in [5.41, 5.74) is 1.13. The maximum Gasteiger partial charge on any atom is 0.338 e. The van der Waals surface area contributed by atoms with Crippen molar-refractivity contribution in [2.75, 3.05) is 6.26 Å². The summed E-state index contributed by atoms with van der Waals surface area (Å²) in [5.74, 6) is -0.650. The first-order chi connectivity index (χ1) is 11.0. The van der Waals surface area contributed by atoms with Gasteiger partial charge in [-0.05, 0) is 36.1 Å². The average Bonchev–Trinajstić information content (AvgIpc) is 2.59. The molecule has 23 heavy (non-hydrogen) atoms. The van der Waals surface area contributed by atoms with Crippen LogP contribution in [0.1, 0.15) is 21.5 Å². The van der Waals surface area contributed by atoms with Gasteiger partial charge in [-0.1, -0.05) is 12.1 Å². The third-order valence-electron chi connectivity index (χ3n) is 3.04. The predicted molar refractivity (Wildman–Crippen MR) is 85.2 cm³/mol. The SMILES string of the molecule is CSc1ccc(C(=O)OCc2cccc(C#N)c2)cc1[N+](=O)[O-]. The highest BCUT2D eigenvalue weighted by Crippen LogP contribution is 2.28. The standard InChI is InChI=1S/C16H12N2O4S/c1-23-15-6-5-13(8-14(15)18(20)21)16(19)22-10-12-4-2-3-11(7-12)9-17/h2-8H,10H2,1H3. The van der Waals surface area contributed by atoms with Crippen LogP contribution in [0.25, 0.3) is 0 Å².